The van der Waals surface area contributed by atoms with E-state index in [1.54, 1.807) is 0 Å². The van der Waals surface area contributed by atoms with Crippen LogP contribution >= 0.6 is 23.2 Å². The molecule has 12 heteroatoms. The molecular weight excluding hydrogens is 455 g/mol. The minimum atomic E-state index is -0.584. The van der Waals surface area contributed by atoms with E-state index in [0.29, 0.717) is 17.5 Å². The summed E-state index contributed by atoms with van der Waals surface area (Å²) in [5.74, 6) is 1.12. The lowest BCUT2D eigenvalue weighted by Crippen LogP contribution is -2.21. The number of hydrogen-bond donors (Lipinski definition) is 2. The number of hydrazone groups is 1. The highest BCUT2D eigenvalue weighted by Gasteiger charge is 2.18. The molecule has 3 aromatic rings. The van der Waals surface area contributed by atoms with Gasteiger partial charge >= 0.3 is 0 Å². The van der Waals surface area contributed by atoms with Gasteiger partial charge in [-0.15, -0.1) is 0 Å². The van der Waals surface area contributed by atoms with Crippen LogP contribution in [0.25, 0.3) is 0 Å². The van der Waals surface area contributed by atoms with E-state index in [0.717, 1.165) is 31.6 Å². The number of nitrogens with one attached hydrogen (secondary N) is 2. The first-order valence-corrected chi connectivity index (χ1v) is 10.5. The van der Waals surface area contributed by atoms with Crippen LogP contribution in [0.3, 0.4) is 0 Å². The van der Waals surface area contributed by atoms with E-state index in [1.165, 1.54) is 18.3 Å². The summed E-state index contributed by atoms with van der Waals surface area (Å²) in [5.41, 5.74) is 3.65. The van der Waals surface area contributed by atoms with Crippen LogP contribution in [0.15, 0.2) is 47.6 Å². The molecule has 0 unspecified atom stereocenters. The zero-order valence-corrected chi connectivity index (χ0v) is 18.2. The maximum Gasteiger partial charge on any atom is 0.288 e. The number of aromatic nitrogens is 3. The van der Waals surface area contributed by atoms with Gasteiger partial charge in [-0.1, -0.05) is 41.4 Å². The van der Waals surface area contributed by atoms with Crippen molar-refractivity contribution < 1.29 is 4.92 Å². The Bertz CT molecular complexity index is 1150. The fraction of sp³-hybridized carbons (Fsp3) is 0.200. The predicted molar refractivity (Wildman–Crippen MR) is 125 cm³/mol. The highest BCUT2D eigenvalue weighted by atomic mass is 35.5. The molecule has 2 heterocycles. The number of halogens is 2. The fourth-order valence-electron chi connectivity index (χ4n) is 3.13. The Morgan fingerprint density at radius 1 is 1.03 bits per heavy atom. The van der Waals surface area contributed by atoms with E-state index in [-0.39, 0.29) is 21.7 Å². The Morgan fingerprint density at radius 3 is 2.47 bits per heavy atom. The second-order valence-electron chi connectivity index (χ2n) is 6.92. The molecular formula is C20H18Cl2N8O2. The number of anilines is 4. The second kappa shape index (κ2) is 9.75. The Morgan fingerprint density at radius 2 is 1.75 bits per heavy atom. The zero-order chi connectivity index (χ0) is 22.5. The molecule has 1 aliphatic heterocycles. The van der Waals surface area contributed by atoms with E-state index in [4.69, 9.17) is 23.2 Å². The first-order chi connectivity index (χ1) is 15.5. The predicted octanol–water partition coefficient (Wildman–Crippen LogP) is 4.88. The Labute approximate surface area is 193 Å². The molecule has 1 aliphatic rings. The van der Waals surface area contributed by atoms with E-state index in [2.05, 4.69) is 35.7 Å². The highest BCUT2D eigenvalue weighted by molar-refractivity contribution is 6.37. The molecule has 1 saturated heterocycles. The zero-order valence-electron chi connectivity index (χ0n) is 16.7. The van der Waals surface area contributed by atoms with Gasteiger partial charge in [-0.2, -0.15) is 20.1 Å². The van der Waals surface area contributed by atoms with Gasteiger partial charge in [-0.3, -0.25) is 10.1 Å². The molecule has 0 aliphatic carbocycles. The van der Waals surface area contributed by atoms with Crippen LogP contribution in [-0.4, -0.2) is 39.2 Å². The molecule has 1 fully saturated rings. The lowest BCUT2D eigenvalue weighted by atomic mass is 10.2. The number of para-hydroxylation sites is 1. The lowest BCUT2D eigenvalue weighted by molar-refractivity contribution is -0.384. The molecule has 0 saturated carbocycles. The van der Waals surface area contributed by atoms with Crippen LogP contribution in [-0.2, 0) is 0 Å². The van der Waals surface area contributed by atoms with Crippen LogP contribution < -0.4 is 15.6 Å². The van der Waals surface area contributed by atoms with Crippen LogP contribution in [0.2, 0.25) is 10.0 Å². The maximum absolute atomic E-state index is 11.1. The first kappa shape index (κ1) is 21.7. The van der Waals surface area contributed by atoms with Crippen molar-refractivity contribution in [3.8, 4) is 0 Å². The van der Waals surface area contributed by atoms with Crippen LogP contribution in [0.4, 0.5) is 29.2 Å². The van der Waals surface area contributed by atoms with Gasteiger partial charge in [0.15, 0.2) is 0 Å². The molecule has 0 radical (unpaired) electrons. The van der Waals surface area contributed by atoms with E-state index >= 15 is 0 Å². The molecule has 0 spiro atoms. The van der Waals surface area contributed by atoms with Crippen molar-refractivity contribution >= 4 is 58.6 Å². The van der Waals surface area contributed by atoms with Crippen molar-refractivity contribution in [2.45, 2.75) is 12.8 Å². The topological polar surface area (TPSA) is 121 Å². The third-order valence-electron chi connectivity index (χ3n) is 4.67. The first-order valence-electron chi connectivity index (χ1n) is 9.75. The highest BCUT2D eigenvalue weighted by Crippen LogP contribution is 2.30. The molecule has 0 atom stereocenters. The molecule has 1 aromatic heterocycles. The van der Waals surface area contributed by atoms with E-state index in [1.807, 2.05) is 30.3 Å². The summed E-state index contributed by atoms with van der Waals surface area (Å²) < 4.78 is 0. The lowest BCUT2D eigenvalue weighted by Gasteiger charge is -2.16. The van der Waals surface area contributed by atoms with Crippen molar-refractivity contribution in [2.75, 3.05) is 28.7 Å². The average Bonchev–Trinajstić information content (AvgIpc) is 3.31. The number of nitrogens with zero attached hydrogens (tertiary/aromatic N) is 6. The second-order valence-corrected chi connectivity index (χ2v) is 7.73. The quantitative estimate of drug-likeness (QED) is 0.283. The molecule has 0 bridgehead atoms. The Balaban J connectivity index is 1.58. The molecule has 32 heavy (non-hydrogen) atoms. The van der Waals surface area contributed by atoms with Gasteiger partial charge in [-0.05, 0) is 31.0 Å². The summed E-state index contributed by atoms with van der Waals surface area (Å²) in [5, 5.41) is 18.5. The third kappa shape index (κ3) is 5.21. The number of rotatable bonds is 7. The maximum atomic E-state index is 11.1. The standard InChI is InChI=1S/C20H18Cl2N8O2/c21-15-11-16(22)17(30(31)32)10-13(15)12-23-28-19-25-18(24-14-6-2-1-3-7-14)26-20(27-19)29-8-4-5-9-29/h1-3,6-7,10-12H,4-5,8-9H2,(H2,24,25,26,27,28)/b23-12+. The summed E-state index contributed by atoms with van der Waals surface area (Å²) in [6.45, 7) is 1.73. The number of hydrogen-bond acceptors (Lipinski definition) is 9. The molecule has 2 aromatic carbocycles. The Kier molecular flexibility index (Phi) is 6.62. The number of nitro benzene ring substituents is 1. The molecule has 4 rings (SSSR count). The normalized spacial score (nSPS) is 13.5. The summed E-state index contributed by atoms with van der Waals surface area (Å²) >= 11 is 12.0. The Hall–Kier alpha value is -3.50. The SMILES string of the molecule is O=[N+]([O-])c1cc(/C=N/Nc2nc(Nc3ccccc3)nc(N3CCCC3)n2)c(Cl)cc1Cl. The van der Waals surface area contributed by atoms with Crippen molar-refractivity contribution in [1.29, 1.82) is 0 Å². The number of nitro groups is 1. The molecule has 0 amide bonds. The largest absolute Gasteiger partial charge is 0.341 e. The van der Waals surface area contributed by atoms with Crippen LogP contribution in [0.5, 0.6) is 0 Å². The van der Waals surface area contributed by atoms with Crippen molar-refractivity contribution in [3.05, 3.63) is 68.2 Å². The monoisotopic (exact) mass is 472 g/mol. The summed E-state index contributed by atoms with van der Waals surface area (Å²) in [6, 6.07) is 12.1. The third-order valence-corrected chi connectivity index (χ3v) is 5.30. The molecule has 10 nitrogen and oxygen atoms in total. The number of benzene rings is 2. The van der Waals surface area contributed by atoms with Gasteiger partial charge < -0.3 is 10.2 Å². The molecule has 2 N–H and O–H groups in total. The van der Waals surface area contributed by atoms with Crippen LogP contribution in [0, 0.1) is 10.1 Å². The van der Waals surface area contributed by atoms with Crippen molar-refractivity contribution in [1.82, 2.24) is 15.0 Å². The van der Waals surface area contributed by atoms with Gasteiger partial charge in [0.2, 0.25) is 17.8 Å². The summed E-state index contributed by atoms with van der Waals surface area (Å²) in [6.07, 6.45) is 3.49. The minimum absolute atomic E-state index is 0.0468. The van der Waals surface area contributed by atoms with Crippen molar-refractivity contribution in [3.63, 3.8) is 0 Å². The fourth-order valence-corrected chi connectivity index (χ4v) is 3.63. The van der Waals surface area contributed by atoms with Gasteiger partial charge in [0, 0.05) is 30.4 Å². The summed E-state index contributed by atoms with van der Waals surface area (Å²) in [4.78, 5) is 25.9. The van der Waals surface area contributed by atoms with Crippen molar-refractivity contribution in [2.24, 2.45) is 5.10 Å². The van der Waals surface area contributed by atoms with E-state index in [9.17, 15) is 10.1 Å². The molecule has 164 valence electrons. The van der Waals surface area contributed by atoms with Gasteiger partial charge in [0.05, 0.1) is 16.2 Å². The van der Waals surface area contributed by atoms with E-state index < -0.39 is 4.92 Å². The smallest absolute Gasteiger partial charge is 0.288 e. The van der Waals surface area contributed by atoms with Gasteiger partial charge in [0.25, 0.3) is 5.69 Å². The average molecular weight is 473 g/mol. The minimum Gasteiger partial charge on any atom is -0.341 e. The van der Waals surface area contributed by atoms with Gasteiger partial charge in [0.1, 0.15) is 5.02 Å². The van der Waals surface area contributed by atoms with Gasteiger partial charge in [-0.25, -0.2) is 5.43 Å². The summed E-state index contributed by atoms with van der Waals surface area (Å²) in [7, 11) is 0. The van der Waals surface area contributed by atoms with Crippen LogP contribution in [0.1, 0.15) is 18.4 Å².